The molecule has 0 aliphatic carbocycles. The summed E-state index contributed by atoms with van der Waals surface area (Å²) in [6.45, 7) is 5.57. The van der Waals surface area contributed by atoms with Gasteiger partial charge in [-0.3, -0.25) is 4.79 Å². The van der Waals surface area contributed by atoms with Crippen LogP contribution in [0, 0.1) is 0 Å². The third-order valence-corrected chi connectivity index (χ3v) is 3.27. The first-order valence-electron chi connectivity index (χ1n) is 7.41. The van der Waals surface area contributed by atoms with Gasteiger partial charge in [-0.2, -0.15) is 0 Å². The van der Waals surface area contributed by atoms with Gasteiger partial charge in [-0.1, -0.05) is 42.5 Å². The van der Waals surface area contributed by atoms with Gasteiger partial charge in [0.25, 0.3) is 0 Å². The van der Waals surface area contributed by atoms with Gasteiger partial charge in [0.15, 0.2) is 0 Å². The van der Waals surface area contributed by atoms with Crippen LogP contribution in [0.1, 0.15) is 44.2 Å². The number of hydrogen-bond acceptors (Lipinski definition) is 3. The van der Waals surface area contributed by atoms with E-state index < -0.39 is 5.60 Å². The minimum atomic E-state index is -0.503. The van der Waals surface area contributed by atoms with Crippen LogP contribution in [-0.4, -0.2) is 16.7 Å². The molecule has 0 fully saturated rings. The maximum Gasteiger partial charge on any atom is 0.307 e. The van der Waals surface area contributed by atoms with Crippen molar-refractivity contribution < 1.29 is 14.6 Å². The van der Waals surface area contributed by atoms with Crippen LogP contribution < -0.4 is 0 Å². The Bertz CT molecular complexity index is 627. The zero-order chi connectivity index (χ0) is 16.2. The molecule has 3 nitrogen and oxygen atoms in total. The molecule has 0 aliphatic heterocycles. The van der Waals surface area contributed by atoms with Crippen molar-refractivity contribution in [3.05, 3.63) is 65.7 Å². The Kier molecular flexibility index (Phi) is 4.86. The van der Waals surface area contributed by atoms with Crippen LogP contribution in [-0.2, 0) is 9.53 Å². The SMILES string of the molecule is CC(C)(C)OC(=O)CC(c1ccccc1)c1cccc(O)c1. The van der Waals surface area contributed by atoms with E-state index in [0.717, 1.165) is 11.1 Å². The van der Waals surface area contributed by atoms with Crippen molar-refractivity contribution in [1.82, 2.24) is 0 Å². The summed E-state index contributed by atoms with van der Waals surface area (Å²) >= 11 is 0. The summed E-state index contributed by atoms with van der Waals surface area (Å²) in [5, 5.41) is 9.71. The minimum Gasteiger partial charge on any atom is -0.508 e. The van der Waals surface area contributed by atoms with Crippen molar-refractivity contribution in [3.8, 4) is 5.75 Å². The van der Waals surface area contributed by atoms with Crippen molar-refractivity contribution in [1.29, 1.82) is 0 Å². The predicted octanol–water partition coefficient (Wildman–Crippen LogP) is 4.26. The molecule has 0 aromatic heterocycles. The van der Waals surface area contributed by atoms with Gasteiger partial charge in [-0.15, -0.1) is 0 Å². The molecule has 0 saturated heterocycles. The van der Waals surface area contributed by atoms with E-state index in [0.29, 0.717) is 0 Å². The van der Waals surface area contributed by atoms with E-state index in [2.05, 4.69) is 0 Å². The number of carbonyl (C=O) groups excluding carboxylic acids is 1. The zero-order valence-electron chi connectivity index (χ0n) is 13.2. The van der Waals surface area contributed by atoms with Crippen LogP contribution in [0.3, 0.4) is 0 Å². The van der Waals surface area contributed by atoms with Gasteiger partial charge in [0.2, 0.25) is 0 Å². The summed E-state index contributed by atoms with van der Waals surface area (Å²) in [5.74, 6) is -0.185. The number of phenols is 1. The van der Waals surface area contributed by atoms with Gasteiger partial charge < -0.3 is 9.84 Å². The van der Waals surface area contributed by atoms with Gasteiger partial charge in [0.1, 0.15) is 11.4 Å². The second-order valence-electron chi connectivity index (χ2n) is 6.35. The highest BCUT2D eigenvalue weighted by molar-refractivity contribution is 5.72. The number of rotatable bonds is 4. The molecule has 0 amide bonds. The first-order chi connectivity index (χ1) is 10.3. The molecule has 116 valence electrons. The van der Waals surface area contributed by atoms with Gasteiger partial charge in [0, 0.05) is 5.92 Å². The average molecular weight is 298 g/mol. The monoisotopic (exact) mass is 298 g/mol. The summed E-state index contributed by atoms with van der Waals surface area (Å²) in [7, 11) is 0. The van der Waals surface area contributed by atoms with Crippen LogP contribution >= 0.6 is 0 Å². The van der Waals surface area contributed by atoms with Gasteiger partial charge >= 0.3 is 5.97 Å². The lowest BCUT2D eigenvalue weighted by atomic mass is 9.88. The van der Waals surface area contributed by atoms with E-state index in [-0.39, 0.29) is 24.1 Å². The molecule has 0 radical (unpaired) electrons. The summed E-state index contributed by atoms with van der Waals surface area (Å²) in [4.78, 5) is 12.2. The van der Waals surface area contributed by atoms with E-state index in [4.69, 9.17) is 4.74 Å². The fourth-order valence-corrected chi connectivity index (χ4v) is 2.40. The maximum atomic E-state index is 12.2. The molecule has 0 aliphatic rings. The molecule has 0 heterocycles. The Balaban J connectivity index is 2.29. The maximum absolute atomic E-state index is 12.2. The van der Waals surface area contributed by atoms with E-state index >= 15 is 0 Å². The highest BCUT2D eigenvalue weighted by atomic mass is 16.6. The number of benzene rings is 2. The molecule has 3 heteroatoms. The molecule has 22 heavy (non-hydrogen) atoms. The van der Waals surface area contributed by atoms with Crippen LogP contribution in [0.25, 0.3) is 0 Å². The Labute approximate surface area is 131 Å². The smallest absolute Gasteiger partial charge is 0.307 e. The second-order valence-corrected chi connectivity index (χ2v) is 6.35. The molecule has 2 aromatic carbocycles. The van der Waals surface area contributed by atoms with Crippen molar-refractivity contribution in [2.45, 2.75) is 38.7 Å². The first-order valence-corrected chi connectivity index (χ1v) is 7.41. The summed E-state index contributed by atoms with van der Waals surface area (Å²) in [6, 6.07) is 16.8. The molecule has 1 atom stereocenters. The normalized spacial score (nSPS) is 12.7. The van der Waals surface area contributed by atoms with Gasteiger partial charge in [-0.25, -0.2) is 0 Å². The highest BCUT2D eigenvalue weighted by Gasteiger charge is 2.23. The van der Waals surface area contributed by atoms with Crippen LogP contribution in [0.2, 0.25) is 0 Å². The average Bonchev–Trinajstić information content (AvgIpc) is 2.44. The van der Waals surface area contributed by atoms with E-state index in [9.17, 15) is 9.90 Å². The van der Waals surface area contributed by atoms with E-state index in [1.807, 2.05) is 57.2 Å². The molecule has 2 rings (SSSR count). The number of ether oxygens (including phenoxy) is 1. The third kappa shape index (κ3) is 4.62. The first kappa shape index (κ1) is 16.1. The second kappa shape index (κ2) is 6.65. The fraction of sp³-hybridized carbons (Fsp3) is 0.316. The molecule has 2 aromatic rings. The largest absolute Gasteiger partial charge is 0.508 e. The standard InChI is InChI=1S/C19H22O3/c1-19(2,3)22-18(21)13-17(14-8-5-4-6-9-14)15-10-7-11-16(20)12-15/h4-12,17,20H,13H2,1-3H3. The summed E-state index contributed by atoms with van der Waals surface area (Å²) < 4.78 is 5.44. The van der Waals surface area contributed by atoms with Crippen LogP contribution in [0.5, 0.6) is 5.75 Å². The minimum absolute atomic E-state index is 0.136. The number of phenolic OH excluding ortho intramolecular Hbond substituents is 1. The summed E-state index contributed by atoms with van der Waals surface area (Å²) in [6.07, 6.45) is 0.241. The molecule has 1 unspecified atom stereocenters. The quantitative estimate of drug-likeness (QED) is 0.858. The number of carbonyl (C=O) groups is 1. The number of hydrogen-bond donors (Lipinski definition) is 1. The Morgan fingerprint density at radius 2 is 1.68 bits per heavy atom. The fourth-order valence-electron chi connectivity index (χ4n) is 2.40. The van der Waals surface area contributed by atoms with E-state index in [1.165, 1.54) is 0 Å². The van der Waals surface area contributed by atoms with Crippen molar-refractivity contribution >= 4 is 5.97 Å². The predicted molar refractivity (Wildman–Crippen MR) is 86.9 cm³/mol. The Morgan fingerprint density at radius 3 is 2.27 bits per heavy atom. The van der Waals surface area contributed by atoms with Crippen molar-refractivity contribution in [3.63, 3.8) is 0 Å². The lowest BCUT2D eigenvalue weighted by Gasteiger charge is -2.23. The molecule has 1 N–H and O–H groups in total. The molecule has 0 bridgehead atoms. The van der Waals surface area contributed by atoms with Crippen molar-refractivity contribution in [2.75, 3.05) is 0 Å². The zero-order valence-corrected chi connectivity index (χ0v) is 13.2. The lowest BCUT2D eigenvalue weighted by Crippen LogP contribution is -2.25. The van der Waals surface area contributed by atoms with Gasteiger partial charge in [-0.05, 0) is 44.0 Å². The Morgan fingerprint density at radius 1 is 1.05 bits per heavy atom. The van der Waals surface area contributed by atoms with E-state index in [1.54, 1.807) is 18.2 Å². The summed E-state index contributed by atoms with van der Waals surface area (Å²) in [5.41, 5.74) is 1.42. The Hall–Kier alpha value is -2.29. The highest BCUT2D eigenvalue weighted by Crippen LogP contribution is 2.30. The van der Waals surface area contributed by atoms with Gasteiger partial charge in [0.05, 0.1) is 6.42 Å². The van der Waals surface area contributed by atoms with Crippen LogP contribution in [0.15, 0.2) is 54.6 Å². The lowest BCUT2D eigenvalue weighted by molar-refractivity contribution is -0.155. The molecular weight excluding hydrogens is 276 g/mol. The number of esters is 1. The number of aromatic hydroxyl groups is 1. The van der Waals surface area contributed by atoms with Crippen molar-refractivity contribution in [2.24, 2.45) is 0 Å². The molecular formula is C19H22O3. The molecule has 0 saturated carbocycles. The topological polar surface area (TPSA) is 46.5 Å². The van der Waals surface area contributed by atoms with Crippen LogP contribution in [0.4, 0.5) is 0 Å². The third-order valence-electron chi connectivity index (χ3n) is 3.27. The molecule has 0 spiro atoms.